The second-order valence-corrected chi connectivity index (χ2v) is 10.3. The van der Waals surface area contributed by atoms with Crippen molar-refractivity contribution >= 4 is 5.91 Å². The molecule has 3 heterocycles. The number of ether oxygens (including phenoxy) is 1. The van der Waals surface area contributed by atoms with E-state index in [-0.39, 0.29) is 17.7 Å². The summed E-state index contributed by atoms with van der Waals surface area (Å²) < 4.78 is 5.53. The number of hydrogen-bond donors (Lipinski definition) is 1. The number of aromatic amines is 1. The molecule has 2 aliphatic heterocycles. The molecule has 1 N–H and O–H groups in total. The first-order valence-electron chi connectivity index (χ1n) is 11.5. The van der Waals surface area contributed by atoms with Crippen LogP contribution in [0.25, 0.3) is 0 Å². The first kappa shape index (κ1) is 20.6. The van der Waals surface area contributed by atoms with Crippen LogP contribution in [0.2, 0.25) is 0 Å². The molecule has 2 aromatic rings. The van der Waals surface area contributed by atoms with E-state index < -0.39 is 0 Å². The maximum absolute atomic E-state index is 13.1. The summed E-state index contributed by atoms with van der Waals surface area (Å²) in [6.07, 6.45) is 2.16. The first-order chi connectivity index (χ1) is 14.9. The molecule has 2 atom stereocenters. The van der Waals surface area contributed by atoms with Gasteiger partial charge < -0.3 is 9.64 Å². The predicted molar refractivity (Wildman–Crippen MR) is 117 cm³/mol. The Morgan fingerprint density at radius 1 is 1.23 bits per heavy atom. The Morgan fingerprint density at radius 2 is 2.00 bits per heavy atom. The van der Waals surface area contributed by atoms with Gasteiger partial charge in [-0.3, -0.25) is 14.8 Å². The highest BCUT2D eigenvalue weighted by Gasteiger charge is 2.63. The van der Waals surface area contributed by atoms with E-state index >= 15 is 0 Å². The summed E-state index contributed by atoms with van der Waals surface area (Å²) in [4.78, 5) is 22.3. The van der Waals surface area contributed by atoms with Gasteiger partial charge in [0.25, 0.3) is 0 Å². The zero-order valence-electron chi connectivity index (χ0n) is 18.6. The average Bonchev–Trinajstić information content (AvgIpc) is 3.32. The van der Waals surface area contributed by atoms with Gasteiger partial charge in [0.15, 0.2) is 5.82 Å². The topological polar surface area (TPSA) is 74.3 Å². The molecule has 1 saturated carbocycles. The number of H-pyrrole nitrogens is 1. The molecule has 1 aliphatic carbocycles. The Bertz CT molecular complexity index is 921. The van der Waals surface area contributed by atoms with Crippen LogP contribution in [-0.4, -0.2) is 76.8 Å². The number of rotatable bonds is 6. The van der Waals surface area contributed by atoms with Gasteiger partial charge in [-0.15, -0.1) is 0 Å². The smallest absolute Gasteiger partial charge is 0.230 e. The quantitative estimate of drug-likeness (QED) is 0.771. The number of nitrogens with zero attached hydrogens (tertiary/aromatic N) is 4. The van der Waals surface area contributed by atoms with Gasteiger partial charge in [-0.05, 0) is 23.3 Å². The maximum atomic E-state index is 13.1. The van der Waals surface area contributed by atoms with Crippen LogP contribution in [0.1, 0.15) is 37.5 Å². The predicted octanol–water partition coefficient (Wildman–Crippen LogP) is 2.14. The number of amides is 1. The lowest BCUT2D eigenvalue weighted by atomic mass is 9.48. The Balaban J connectivity index is 1.22. The lowest BCUT2D eigenvalue weighted by Crippen LogP contribution is -2.59. The van der Waals surface area contributed by atoms with Crippen molar-refractivity contribution in [3.05, 3.63) is 47.5 Å². The number of benzene rings is 1. The Kier molecular flexibility index (Phi) is 5.34. The average molecular weight is 424 g/mol. The van der Waals surface area contributed by atoms with Crippen LogP contribution in [0, 0.1) is 16.7 Å². The molecule has 5 rings (SSSR count). The Labute approximate surface area is 184 Å². The van der Waals surface area contributed by atoms with Gasteiger partial charge in [0.05, 0.1) is 19.6 Å². The van der Waals surface area contributed by atoms with E-state index in [4.69, 9.17) is 4.74 Å². The van der Waals surface area contributed by atoms with E-state index in [0.29, 0.717) is 23.6 Å². The van der Waals surface area contributed by atoms with Crippen LogP contribution in [0.15, 0.2) is 30.3 Å². The summed E-state index contributed by atoms with van der Waals surface area (Å²) in [7, 11) is 0. The summed E-state index contributed by atoms with van der Waals surface area (Å²) in [5.41, 5.74) is 1.71. The van der Waals surface area contributed by atoms with Crippen molar-refractivity contribution < 1.29 is 9.53 Å². The number of morpholine rings is 1. The van der Waals surface area contributed by atoms with Crippen molar-refractivity contribution in [2.45, 2.75) is 33.1 Å². The summed E-state index contributed by atoms with van der Waals surface area (Å²) in [5.74, 6) is 2.11. The minimum atomic E-state index is 0.150. The third-order valence-corrected chi connectivity index (χ3v) is 7.50. The number of hydrogen-bond acceptors (Lipinski definition) is 5. The lowest BCUT2D eigenvalue weighted by molar-refractivity contribution is -0.130. The molecule has 2 saturated heterocycles. The van der Waals surface area contributed by atoms with Gasteiger partial charge in [-0.1, -0.05) is 44.2 Å². The number of carbonyl (C=O) groups excluding carboxylic acids is 1. The van der Waals surface area contributed by atoms with Crippen molar-refractivity contribution in [1.29, 1.82) is 0 Å². The fourth-order valence-electron chi connectivity index (χ4n) is 6.26. The SMILES string of the molecule is CC1(C)C[C@]2(CN3CCOCC3)CN(C(=O)Cc3n[nH]c(Cc4ccccc4)n3)C[C@H]12. The fourth-order valence-corrected chi connectivity index (χ4v) is 6.26. The van der Waals surface area contributed by atoms with Gasteiger partial charge in [0.1, 0.15) is 5.82 Å². The van der Waals surface area contributed by atoms with Crippen LogP contribution in [-0.2, 0) is 22.4 Å². The highest BCUT2D eigenvalue weighted by molar-refractivity contribution is 5.78. The van der Waals surface area contributed by atoms with Crippen LogP contribution in [0.5, 0.6) is 0 Å². The van der Waals surface area contributed by atoms with Crippen LogP contribution < -0.4 is 0 Å². The number of aromatic nitrogens is 3. The van der Waals surface area contributed by atoms with E-state index in [2.05, 4.69) is 51.0 Å². The van der Waals surface area contributed by atoms with Gasteiger partial charge in [-0.2, -0.15) is 5.10 Å². The molecule has 3 fully saturated rings. The van der Waals surface area contributed by atoms with Crippen LogP contribution in [0.4, 0.5) is 0 Å². The molecule has 0 unspecified atom stereocenters. The van der Waals surface area contributed by atoms with Crippen molar-refractivity contribution in [2.75, 3.05) is 45.9 Å². The van der Waals surface area contributed by atoms with E-state index in [9.17, 15) is 4.79 Å². The molecule has 1 aromatic heterocycles. The van der Waals surface area contributed by atoms with Crippen molar-refractivity contribution in [1.82, 2.24) is 25.0 Å². The van der Waals surface area contributed by atoms with Crippen molar-refractivity contribution in [2.24, 2.45) is 16.7 Å². The standard InChI is InChI=1S/C24H33N5O2/c1-23(2)15-24(16-28-8-10-31-11-9-28)17-29(14-19(23)24)22(30)13-21-25-20(26-27-21)12-18-6-4-3-5-7-18/h3-7,19H,8-17H2,1-2H3,(H,25,26,27)/t19-,24+/m1/s1. The zero-order chi connectivity index (χ0) is 21.5. The first-order valence-corrected chi connectivity index (χ1v) is 11.5. The van der Waals surface area contributed by atoms with Gasteiger partial charge in [0, 0.05) is 44.6 Å². The molecular formula is C24H33N5O2. The molecule has 1 amide bonds. The number of likely N-dealkylation sites (tertiary alicyclic amines) is 1. The normalized spacial score (nSPS) is 27.7. The zero-order valence-corrected chi connectivity index (χ0v) is 18.6. The Hall–Kier alpha value is -2.25. The second kappa shape index (κ2) is 8.02. The molecule has 166 valence electrons. The van der Waals surface area contributed by atoms with Crippen molar-refractivity contribution in [3.63, 3.8) is 0 Å². The molecule has 0 radical (unpaired) electrons. The van der Waals surface area contributed by atoms with E-state index in [1.54, 1.807) is 0 Å². The monoisotopic (exact) mass is 423 g/mol. The molecule has 31 heavy (non-hydrogen) atoms. The summed E-state index contributed by atoms with van der Waals surface area (Å²) in [6, 6.07) is 10.2. The number of nitrogens with one attached hydrogen (secondary N) is 1. The van der Waals surface area contributed by atoms with Crippen LogP contribution in [0.3, 0.4) is 0 Å². The largest absolute Gasteiger partial charge is 0.379 e. The summed E-state index contributed by atoms with van der Waals surface area (Å²) in [6.45, 7) is 11.2. The highest BCUT2D eigenvalue weighted by atomic mass is 16.5. The minimum absolute atomic E-state index is 0.150. The number of carbonyl (C=O) groups is 1. The van der Waals surface area contributed by atoms with E-state index in [0.717, 1.165) is 51.8 Å². The van der Waals surface area contributed by atoms with E-state index in [1.807, 2.05) is 18.2 Å². The third kappa shape index (κ3) is 4.13. The van der Waals surface area contributed by atoms with E-state index in [1.165, 1.54) is 12.0 Å². The molecule has 7 nitrogen and oxygen atoms in total. The molecule has 7 heteroatoms. The van der Waals surface area contributed by atoms with Crippen LogP contribution >= 0.6 is 0 Å². The molecule has 1 aromatic carbocycles. The van der Waals surface area contributed by atoms with Gasteiger partial charge >= 0.3 is 0 Å². The molecule has 0 spiro atoms. The minimum Gasteiger partial charge on any atom is -0.379 e. The van der Waals surface area contributed by atoms with Crippen molar-refractivity contribution in [3.8, 4) is 0 Å². The van der Waals surface area contributed by atoms with Gasteiger partial charge in [0.2, 0.25) is 5.91 Å². The fraction of sp³-hybridized carbons (Fsp3) is 0.625. The summed E-state index contributed by atoms with van der Waals surface area (Å²) in [5, 5.41) is 7.32. The second-order valence-electron chi connectivity index (χ2n) is 10.3. The third-order valence-electron chi connectivity index (χ3n) is 7.50. The molecule has 3 aliphatic rings. The molecular weight excluding hydrogens is 390 g/mol. The maximum Gasteiger partial charge on any atom is 0.230 e. The molecule has 0 bridgehead atoms. The summed E-state index contributed by atoms with van der Waals surface area (Å²) >= 11 is 0. The number of fused-ring (bicyclic) bond motifs is 1. The Morgan fingerprint density at radius 3 is 2.74 bits per heavy atom. The van der Waals surface area contributed by atoms with Gasteiger partial charge in [-0.25, -0.2) is 4.98 Å². The lowest BCUT2D eigenvalue weighted by Gasteiger charge is -2.58. The highest BCUT2D eigenvalue weighted by Crippen LogP contribution is 2.63.